The smallest absolute Gasteiger partial charge is 0.191 e. The average molecular weight is 407 g/mol. The number of aliphatic imine (C=N–C) groups is 1. The molecule has 1 heterocycles. The van der Waals surface area contributed by atoms with Crippen LogP contribution in [0, 0.1) is 5.41 Å². The van der Waals surface area contributed by atoms with Crippen LogP contribution >= 0.6 is 24.0 Å². The molecule has 1 unspecified atom stereocenters. The van der Waals surface area contributed by atoms with E-state index in [2.05, 4.69) is 48.4 Å². The zero-order valence-electron chi connectivity index (χ0n) is 14.1. The molecule has 0 aliphatic rings. The van der Waals surface area contributed by atoms with Gasteiger partial charge in [-0.2, -0.15) is 5.10 Å². The predicted octanol–water partition coefficient (Wildman–Crippen LogP) is 2.92. The van der Waals surface area contributed by atoms with Crippen molar-refractivity contribution in [1.82, 2.24) is 20.4 Å². The summed E-state index contributed by atoms with van der Waals surface area (Å²) in [5.41, 5.74) is 1.53. The van der Waals surface area contributed by atoms with Gasteiger partial charge in [0.25, 0.3) is 0 Å². The van der Waals surface area contributed by atoms with Crippen molar-refractivity contribution in [2.24, 2.45) is 17.5 Å². The summed E-state index contributed by atoms with van der Waals surface area (Å²) in [6.45, 7) is 9.75. The van der Waals surface area contributed by atoms with Crippen LogP contribution in [-0.4, -0.2) is 28.8 Å². The van der Waals surface area contributed by atoms with Crippen LogP contribution < -0.4 is 10.6 Å². The van der Waals surface area contributed by atoms with E-state index in [1.54, 1.807) is 11.7 Å². The molecule has 0 radical (unpaired) electrons. The van der Waals surface area contributed by atoms with Gasteiger partial charge in [-0.15, -0.1) is 24.0 Å². The first-order valence-corrected chi connectivity index (χ1v) is 7.25. The average Bonchev–Trinajstić information content (AvgIpc) is 2.77. The second-order valence-electron chi connectivity index (χ2n) is 6.59. The maximum absolute atomic E-state index is 4.26. The topological polar surface area (TPSA) is 54.2 Å². The van der Waals surface area contributed by atoms with Crippen LogP contribution in [0.25, 0.3) is 0 Å². The molecule has 1 aromatic rings. The fraction of sp³-hybridized carbons (Fsp3) is 0.733. The highest BCUT2D eigenvalue weighted by molar-refractivity contribution is 14.0. The number of guanidine groups is 1. The van der Waals surface area contributed by atoms with E-state index in [1.165, 1.54) is 6.42 Å². The first-order chi connectivity index (χ1) is 9.30. The molecule has 0 aliphatic carbocycles. The Morgan fingerprint density at radius 2 is 2.10 bits per heavy atom. The zero-order valence-corrected chi connectivity index (χ0v) is 16.4. The molecule has 1 aromatic heterocycles. The lowest BCUT2D eigenvalue weighted by Gasteiger charge is -2.23. The van der Waals surface area contributed by atoms with Gasteiger partial charge in [0, 0.05) is 38.4 Å². The second kappa shape index (κ2) is 9.27. The van der Waals surface area contributed by atoms with Gasteiger partial charge in [0.1, 0.15) is 0 Å². The molecule has 0 amide bonds. The fourth-order valence-corrected chi connectivity index (χ4v) is 1.90. The summed E-state index contributed by atoms with van der Waals surface area (Å²) in [5, 5.41) is 10.9. The molecule has 0 spiro atoms. The summed E-state index contributed by atoms with van der Waals surface area (Å²) in [6, 6.07) is 0.411. The monoisotopic (exact) mass is 407 g/mol. The van der Waals surface area contributed by atoms with Crippen LogP contribution in [0.3, 0.4) is 0 Å². The minimum Gasteiger partial charge on any atom is -0.354 e. The van der Waals surface area contributed by atoms with Crippen molar-refractivity contribution in [3.8, 4) is 0 Å². The van der Waals surface area contributed by atoms with Crippen molar-refractivity contribution < 1.29 is 0 Å². The van der Waals surface area contributed by atoms with Gasteiger partial charge in [0.15, 0.2) is 5.96 Å². The number of hydrogen-bond donors (Lipinski definition) is 2. The standard InChI is InChI=1S/C15H29N5.HI/c1-12(7-8-15(2,3)4)19-14(16-5)17-9-13-10-18-20(6)11-13;/h10-12H,7-9H2,1-6H3,(H2,16,17,19);1H. The molecule has 21 heavy (non-hydrogen) atoms. The van der Waals surface area contributed by atoms with Crippen molar-refractivity contribution in [2.75, 3.05) is 7.05 Å². The molecule has 5 nitrogen and oxygen atoms in total. The van der Waals surface area contributed by atoms with Gasteiger partial charge in [-0.25, -0.2) is 0 Å². The third-order valence-electron chi connectivity index (χ3n) is 3.15. The molecule has 2 N–H and O–H groups in total. The van der Waals surface area contributed by atoms with Crippen molar-refractivity contribution in [3.05, 3.63) is 18.0 Å². The third kappa shape index (κ3) is 8.95. The Balaban J connectivity index is 0.00000400. The minimum absolute atomic E-state index is 0. The molecule has 1 rings (SSSR count). The fourth-order valence-electron chi connectivity index (χ4n) is 1.90. The molecule has 0 saturated heterocycles. The quantitative estimate of drug-likeness (QED) is 0.449. The van der Waals surface area contributed by atoms with E-state index >= 15 is 0 Å². The van der Waals surface area contributed by atoms with Gasteiger partial charge in [-0.1, -0.05) is 20.8 Å². The summed E-state index contributed by atoms with van der Waals surface area (Å²) in [7, 11) is 3.72. The van der Waals surface area contributed by atoms with E-state index in [0.29, 0.717) is 11.5 Å². The minimum atomic E-state index is 0. The summed E-state index contributed by atoms with van der Waals surface area (Å²) in [6.07, 6.45) is 6.20. The molecular formula is C15H30IN5. The Morgan fingerprint density at radius 1 is 1.43 bits per heavy atom. The largest absolute Gasteiger partial charge is 0.354 e. The molecule has 0 aromatic carbocycles. The van der Waals surface area contributed by atoms with Gasteiger partial charge < -0.3 is 10.6 Å². The maximum Gasteiger partial charge on any atom is 0.191 e. The molecule has 122 valence electrons. The van der Waals surface area contributed by atoms with Gasteiger partial charge >= 0.3 is 0 Å². The van der Waals surface area contributed by atoms with E-state index in [9.17, 15) is 0 Å². The van der Waals surface area contributed by atoms with Crippen molar-refractivity contribution in [2.45, 2.75) is 53.1 Å². The zero-order chi connectivity index (χ0) is 15.2. The van der Waals surface area contributed by atoms with Crippen LogP contribution in [0.2, 0.25) is 0 Å². The molecular weight excluding hydrogens is 377 g/mol. The highest BCUT2D eigenvalue weighted by Crippen LogP contribution is 2.21. The van der Waals surface area contributed by atoms with Crippen molar-refractivity contribution in [1.29, 1.82) is 0 Å². The number of nitrogens with zero attached hydrogens (tertiary/aromatic N) is 3. The van der Waals surface area contributed by atoms with Crippen LogP contribution in [0.5, 0.6) is 0 Å². The Hall–Kier alpha value is -0.790. The molecule has 0 bridgehead atoms. The van der Waals surface area contributed by atoms with E-state index < -0.39 is 0 Å². The van der Waals surface area contributed by atoms with E-state index in [-0.39, 0.29) is 24.0 Å². The van der Waals surface area contributed by atoms with E-state index in [1.807, 2.05) is 19.4 Å². The second-order valence-corrected chi connectivity index (χ2v) is 6.59. The lowest BCUT2D eigenvalue weighted by atomic mass is 9.89. The third-order valence-corrected chi connectivity index (χ3v) is 3.15. The normalized spacial score (nSPS) is 13.5. The van der Waals surface area contributed by atoms with Crippen LogP contribution in [0.15, 0.2) is 17.4 Å². The number of aromatic nitrogens is 2. The van der Waals surface area contributed by atoms with Gasteiger partial charge in [-0.05, 0) is 25.2 Å². The van der Waals surface area contributed by atoms with Gasteiger partial charge in [0.2, 0.25) is 0 Å². The Bertz CT molecular complexity index is 434. The Labute approximate surface area is 146 Å². The van der Waals surface area contributed by atoms with Crippen LogP contribution in [0.1, 0.15) is 46.1 Å². The molecule has 0 aliphatic heterocycles. The van der Waals surface area contributed by atoms with E-state index in [0.717, 1.165) is 24.5 Å². The summed E-state index contributed by atoms with van der Waals surface area (Å²) < 4.78 is 1.80. The number of rotatable bonds is 5. The first kappa shape index (κ1) is 20.2. The van der Waals surface area contributed by atoms with Gasteiger partial charge in [-0.3, -0.25) is 9.67 Å². The first-order valence-electron chi connectivity index (χ1n) is 7.25. The number of nitrogens with one attached hydrogen (secondary N) is 2. The predicted molar refractivity (Wildman–Crippen MR) is 100 cm³/mol. The van der Waals surface area contributed by atoms with Crippen molar-refractivity contribution in [3.63, 3.8) is 0 Å². The SMILES string of the molecule is CN=C(NCc1cnn(C)c1)NC(C)CCC(C)(C)C.I. The summed E-state index contributed by atoms with van der Waals surface area (Å²) in [4.78, 5) is 4.26. The number of aryl methyl sites for hydroxylation is 1. The number of halogens is 1. The highest BCUT2D eigenvalue weighted by Gasteiger charge is 2.13. The van der Waals surface area contributed by atoms with Gasteiger partial charge in [0.05, 0.1) is 6.20 Å². The highest BCUT2D eigenvalue weighted by atomic mass is 127. The lowest BCUT2D eigenvalue weighted by molar-refractivity contribution is 0.346. The van der Waals surface area contributed by atoms with Crippen molar-refractivity contribution >= 4 is 29.9 Å². The molecule has 0 saturated carbocycles. The van der Waals surface area contributed by atoms with Crippen LogP contribution in [-0.2, 0) is 13.6 Å². The Morgan fingerprint density at radius 3 is 2.57 bits per heavy atom. The summed E-state index contributed by atoms with van der Waals surface area (Å²) >= 11 is 0. The molecule has 0 fully saturated rings. The molecule has 1 atom stereocenters. The Kier molecular flexibility index (Phi) is 8.92. The van der Waals surface area contributed by atoms with E-state index in [4.69, 9.17) is 0 Å². The lowest BCUT2D eigenvalue weighted by Crippen LogP contribution is -2.42. The summed E-state index contributed by atoms with van der Waals surface area (Å²) in [5.74, 6) is 0.843. The van der Waals surface area contributed by atoms with Crippen LogP contribution in [0.4, 0.5) is 0 Å². The maximum atomic E-state index is 4.26. The molecule has 6 heteroatoms. The number of hydrogen-bond acceptors (Lipinski definition) is 2.